The highest BCUT2D eigenvalue weighted by atomic mass is 32.1. The fourth-order valence-corrected chi connectivity index (χ4v) is 3.96. The summed E-state index contributed by atoms with van der Waals surface area (Å²) in [6.45, 7) is 4.63. The molecule has 0 saturated heterocycles. The lowest BCUT2D eigenvalue weighted by molar-refractivity contribution is 0.102. The average Bonchev–Trinajstić information content (AvgIpc) is 3.22. The summed E-state index contributed by atoms with van der Waals surface area (Å²) in [5.41, 5.74) is 4.53. The van der Waals surface area contributed by atoms with E-state index in [1.54, 1.807) is 13.2 Å². The average molecular weight is 392 g/mol. The van der Waals surface area contributed by atoms with Gasteiger partial charge in [0.15, 0.2) is 5.13 Å². The first-order valence-corrected chi connectivity index (χ1v) is 9.69. The standard InChI is InChI=1S/C21H20N4O2S/c1-13-9-14(2)25(24-13)12-15-5-4-6-16(10-15)20(26)23-21-22-18-8-7-17(27-3)11-19(18)28-21/h4-11H,12H2,1-3H3,(H,22,23,26). The van der Waals surface area contributed by atoms with E-state index in [1.807, 2.05) is 61.0 Å². The molecule has 0 fully saturated rings. The number of carbonyl (C=O) groups excluding carboxylic acids is 1. The van der Waals surface area contributed by atoms with Crippen molar-refractivity contribution in [1.29, 1.82) is 0 Å². The summed E-state index contributed by atoms with van der Waals surface area (Å²) in [6, 6.07) is 15.3. The zero-order valence-electron chi connectivity index (χ0n) is 15.9. The van der Waals surface area contributed by atoms with E-state index in [2.05, 4.69) is 15.4 Å². The molecular formula is C21H20N4O2S. The summed E-state index contributed by atoms with van der Waals surface area (Å²) in [7, 11) is 1.63. The molecule has 0 atom stereocenters. The number of aromatic nitrogens is 3. The van der Waals surface area contributed by atoms with E-state index in [-0.39, 0.29) is 5.91 Å². The van der Waals surface area contributed by atoms with Crippen molar-refractivity contribution in [3.05, 3.63) is 71.0 Å². The number of thiazole rings is 1. The number of amides is 1. The number of methoxy groups -OCH3 is 1. The second-order valence-corrected chi connectivity index (χ2v) is 7.62. The van der Waals surface area contributed by atoms with Gasteiger partial charge in [0, 0.05) is 11.3 Å². The van der Waals surface area contributed by atoms with Crippen LogP contribution in [0.1, 0.15) is 27.3 Å². The van der Waals surface area contributed by atoms with E-state index in [0.29, 0.717) is 17.2 Å². The van der Waals surface area contributed by atoms with Gasteiger partial charge in [-0.2, -0.15) is 5.10 Å². The molecule has 0 aliphatic rings. The van der Waals surface area contributed by atoms with Crippen LogP contribution in [-0.4, -0.2) is 27.8 Å². The van der Waals surface area contributed by atoms with Crippen LogP contribution in [0, 0.1) is 13.8 Å². The Morgan fingerprint density at radius 1 is 1.18 bits per heavy atom. The quantitative estimate of drug-likeness (QED) is 0.546. The molecule has 1 N–H and O–H groups in total. The predicted molar refractivity (Wildman–Crippen MR) is 111 cm³/mol. The van der Waals surface area contributed by atoms with Crippen LogP contribution in [0.15, 0.2) is 48.5 Å². The summed E-state index contributed by atoms with van der Waals surface area (Å²) >= 11 is 1.42. The van der Waals surface area contributed by atoms with Crippen LogP contribution >= 0.6 is 11.3 Å². The molecule has 4 aromatic rings. The van der Waals surface area contributed by atoms with Crippen LogP contribution in [0.5, 0.6) is 5.75 Å². The van der Waals surface area contributed by atoms with Gasteiger partial charge in [-0.15, -0.1) is 0 Å². The van der Waals surface area contributed by atoms with Gasteiger partial charge in [0.2, 0.25) is 0 Å². The van der Waals surface area contributed by atoms with Crippen LogP contribution in [0.2, 0.25) is 0 Å². The first kappa shape index (κ1) is 18.2. The number of carbonyl (C=O) groups is 1. The van der Waals surface area contributed by atoms with E-state index in [0.717, 1.165) is 32.9 Å². The van der Waals surface area contributed by atoms with Crippen molar-refractivity contribution in [3.63, 3.8) is 0 Å². The summed E-state index contributed by atoms with van der Waals surface area (Å²) in [6.07, 6.45) is 0. The highest BCUT2D eigenvalue weighted by Crippen LogP contribution is 2.29. The lowest BCUT2D eigenvalue weighted by atomic mass is 10.1. The molecule has 2 aromatic heterocycles. The van der Waals surface area contributed by atoms with Gasteiger partial charge < -0.3 is 4.74 Å². The molecule has 2 heterocycles. The molecule has 6 nitrogen and oxygen atoms in total. The van der Waals surface area contributed by atoms with E-state index < -0.39 is 0 Å². The lowest BCUT2D eigenvalue weighted by Gasteiger charge is -2.07. The molecule has 0 saturated carbocycles. The monoisotopic (exact) mass is 392 g/mol. The largest absolute Gasteiger partial charge is 0.497 e. The topological polar surface area (TPSA) is 69.0 Å². The van der Waals surface area contributed by atoms with Crippen molar-refractivity contribution < 1.29 is 9.53 Å². The Labute approximate surface area is 166 Å². The number of aryl methyl sites for hydroxylation is 2. The van der Waals surface area contributed by atoms with Gasteiger partial charge in [-0.25, -0.2) is 4.98 Å². The van der Waals surface area contributed by atoms with Crippen molar-refractivity contribution in [2.45, 2.75) is 20.4 Å². The zero-order valence-corrected chi connectivity index (χ0v) is 16.7. The number of benzene rings is 2. The summed E-state index contributed by atoms with van der Waals surface area (Å²) < 4.78 is 8.14. The maximum atomic E-state index is 12.7. The fourth-order valence-electron chi connectivity index (χ4n) is 3.07. The first-order valence-electron chi connectivity index (χ1n) is 8.88. The van der Waals surface area contributed by atoms with Gasteiger partial charge in [-0.05, 0) is 55.8 Å². The predicted octanol–water partition coefficient (Wildman–Crippen LogP) is 4.42. The van der Waals surface area contributed by atoms with Gasteiger partial charge >= 0.3 is 0 Å². The Bertz CT molecular complexity index is 1160. The zero-order chi connectivity index (χ0) is 19.7. The molecule has 0 aliphatic heterocycles. The van der Waals surface area contributed by atoms with Gasteiger partial charge in [-0.3, -0.25) is 14.8 Å². The van der Waals surface area contributed by atoms with Crippen LogP contribution in [-0.2, 0) is 6.54 Å². The van der Waals surface area contributed by atoms with Crippen molar-refractivity contribution in [3.8, 4) is 5.75 Å². The van der Waals surface area contributed by atoms with E-state index in [9.17, 15) is 4.79 Å². The number of anilines is 1. The molecule has 0 unspecified atom stereocenters. The van der Waals surface area contributed by atoms with Crippen LogP contribution in [0.4, 0.5) is 5.13 Å². The molecule has 0 bridgehead atoms. The maximum absolute atomic E-state index is 12.7. The van der Waals surface area contributed by atoms with Crippen molar-refractivity contribution in [2.24, 2.45) is 0 Å². The molecule has 0 aliphatic carbocycles. The van der Waals surface area contributed by atoms with Gasteiger partial charge in [0.25, 0.3) is 5.91 Å². The Hall–Kier alpha value is -3.19. The number of hydrogen-bond donors (Lipinski definition) is 1. The van der Waals surface area contributed by atoms with Crippen molar-refractivity contribution >= 4 is 32.6 Å². The van der Waals surface area contributed by atoms with Gasteiger partial charge in [0.1, 0.15) is 5.75 Å². The number of nitrogens with one attached hydrogen (secondary N) is 1. The number of nitrogens with zero attached hydrogens (tertiary/aromatic N) is 3. The minimum atomic E-state index is -0.179. The molecule has 1 amide bonds. The van der Waals surface area contributed by atoms with Crippen LogP contribution in [0.25, 0.3) is 10.2 Å². The Kier molecular flexibility index (Phi) is 4.83. The van der Waals surface area contributed by atoms with E-state index in [4.69, 9.17) is 4.74 Å². The maximum Gasteiger partial charge on any atom is 0.257 e. The van der Waals surface area contributed by atoms with E-state index in [1.165, 1.54) is 11.3 Å². The number of ether oxygens (including phenoxy) is 1. The third kappa shape index (κ3) is 3.75. The lowest BCUT2D eigenvalue weighted by Crippen LogP contribution is -2.12. The summed E-state index contributed by atoms with van der Waals surface area (Å²) in [4.78, 5) is 17.2. The van der Waals surface area contributed by atoms with Crippen LogP contribution in [0.3, 0.4) is 0 Å². The Morgan fingerprint density at radius 3 is 2.79 bits per heavy atom. The minimum Gasteiger partial charge on any atom is -0.497 e. The Morgan fingerprint density at radius 2 is 2.04 bits per heavy atom. The molecule has 0 radical (unpaired) electrons. The van der Waals surface area contributed by atoms with Gasteiger partial charge in [0.05, 0.1) is 29.6 Å². The number of fused-ring (bicyclic) bond motifs is 1. The minimum absolute atomic E-state index is 0.179. The second-order valence-electron chi connectivity index (χ2n) is 6.59. The second kappa shape index (κ2) is 7.44. The normalized spacial score (nSPS) is 11.0. The fraction of sp³-hybridized carbons (Fsp3) is 0.190. The van der Waals surface area contributed by atoms with E-state index >= 15 is 0 Å². The summed E-state index contributed by atoms with van der Waals surface area (Å²) in [5.74, 6) is 0.590. The first-order chi connectivity index (χ1) is 13.5. The molecule has 7 heteroatoms. The van der Waals surface area contributed by atoms with Crippen molar-refractivity contribution in [2.75, 3.05) is 12.4 Å². The molecule has 0 spiro atoms. The smallest absolute Gasteiger partial charge is 0.257 e. The van der Waals surface area contributed by atoms with Gasteiger partial charge in [-0.1, -0.05) is 23.5 Å². The molecule has 2 aromatic carbocycles. The third-order valence-corrected chi connectivity index (χ3v) is 5.37. The molecule has 4 rings (SSSR count). The van der Waals surface area contributed by atoms with Crippen LogP contribution < -0.4 is 10.1 Å². The highest BCUT2D eigenvalue weighted by Gasteiger charge is 2.12. The third-order valence-electron chi connectivity index (χ3n) is 4.44. The van der Waals surface area contributed by atoms with Crippen molar-refractivity contribution in [1.82, 2.24) is 14.8 Å². The number of hydrogen-bond acceptors (Lipinski definition) is 5. The SMILES string of the molecule is COc1ccc2nc(NC(=O)c3cccc(Cn4nc(C)cc4C)c3)sc2c1. The summed E-state index contributed by atoms with van der Waals surface area (Å²) in [5, 5.41) is 7.95. The molecular weight excluding hydrogens is 372 g/mol. The molecule has 28 heavy (non-hydrogen) atoms. The Balaban J connectivity index is 1.52. The highest BCUT2D eigenvalue weighted by molar-refractivity contribution is 7.22. The number of rotatable bonds is 5. The molecule has 142 valence electrons.